The Bertz CT molecular complexity index is 1310. The number of aliphatic carboxylic acids is 4. The van der Waals surface area contributed by atoms with Crippen LogP contribution in [0.15, 0.2) is 24.3 Å². The zero-order valence-corrected chi connectivity index (χ0v) is 32.1. The maximum absolute atomic E-state index is 12.1. The van der Waals surface area contributed by atoms with E-state index < -0.39 is 23.9 Å². The summed E-state index contributed by atoms with van der Waals surface area (Å²) in [6, 6.07) is 7.58. The summed E-state index contributed by atoms with van der Waals surface area (Å²) >= 11 is 0. The first-order valence-corrected chi connectivity index (χ1v) is 18.4. The van der Waals surface area contributed by atoms with E-state index >= 15 is 0 Å². The van der Waals surface area contributed by atoms with Crippen molar-refractivity contribution < 1.29 is 49.2 Å². The van der Waals surface area contributed by atoms with Crippen LogP contribution in [-0.4, -0.2) is 209 Å². The molecule has 6 N–H and O–H groups in total. The minimum Gasteiger partial charge on any atom is -0.480 e. The highest BCUT2D eigenvalue weighted by molar-refractivity contribution is 5.94. The second-order valence-electron chi connectivity index (χ2n) is 14.3. The van der Waals surface area contributed by atoms with E-state index in [1.165, 1.54) is 0 Å². The number of nitrogens with zero attached hydrogens (tertiary/aromatic N) is 6. The lowest BCUT2D eigenvalue weighted by Crippen LogP contribution is -2.44. The van der Waals surface area contributed by atoms with Crippen molar-refractivity contribution in [3.63, 3.8) is 0 Å². The molecular formula is C36H60N8O10. The highest BCUT2D eigenvalue weighted by atomic mass is 16.4. The van der Waals surface area contributed by atoms with Crippen molar-refractivity contribution in [3.8, 4) is 0 Å². The van der Waals surface area contributed by atoms with Crippen LogP contribution in [-0.2, 0) is 30.5 Å². The van der Waals surface area contributed by atoms with Crippen molar-refractivity contribution in [2.75, 3.05) is 111 Å². The van der Waals surface area contributed by atoms with Gasteiger partial charge in [-0.3, -0.25) is 58.2 Å². The van der Waals surface area contributed by atoms with Gasteiger partial charge in [-0.2, -0.15) is 0 Å². The summed E-state index contributed by atoms with van der Waals surface area (Å²) < 4.78 is 0. The van der Waals surface area contributed by atoms with Crippen LogP contribution in [0.2, 0.25) is 0 Å². The number of carboxylic acids is 4. The fourth-order valence-electron chi connectivity index (χ4n) is 6.02. The van der Waals surface area contributed by atoms with Crippen molar-refractivity contribution in [2.24, 2.45) is 0 Å². The van der Waals surface area contributed by atoms with Crippen LogP contribution >= 0.6 is 0 Å². The fraction of sp³-hybridized carbons (Fsp3) is 0.667. The van der Waals surface area contributed by atoms with Crippen LogP contribution in [0.25, 0.3) is 0 Å². The van der Waals surface area contributed by atoms with Crippen LogP contribution in [0.3, 0.4) is 0 Å². The molecule has 0 radical (unpaired) electrons. The van der Waals surface area contributed by atoms with Crippen LogP contribution in [0.1, 0.15) is 43.6 Å². The van der Waals surface area contributed by atoms with E-state index in [1.54, 1.807) is 21.9 Å². The summed E-state index contributed by atoms with van der Waals surface area (Å²) in [5.41, 5.74) is 1.65. The Labute approximate surface area is 317 Å². The second kappa shape index (κ2) is 24.3. The van der Waals surface area contributed by atoms with Crippen molar-refractivity contribution in [3.05, 3.63) is 35.4 Å². The molecule has 0 aliphatic carbocycles. The molecule has 2 saturated heterocycles. The molecule has 2 fully saturated rings. The second-order valence-corrected chi connectivity index (χ2v) is 14.3. The van der Waals surface area contributed by atoms with Crippen molar-refractivity contribution in [1.82, 2.24) is 40.0 Å². The lowest BCUT2D eigenvalue weighted by molar-refractivity contribution is -0.140. The third kappa shape index (κ3) is 20.3. The van der Waals surface area contributed by atoms with Gasteiger partial charge in [0, 0.05) is 103 Å². The first kappa shape index (κ1) is 46.0. The van der Waals surface area contributed by atoms with Crippen LogP contribution < -0.4 is 10.6 Å². The molecule has 0 atom stereocenters. The van der Waals surface area contributed by atoms with Gasteiger partial charge in [-0.1, -0.05) is 12.1 Å². The first-order valence-electron chi connectivity index (χ1n) is 18.4. The summed E-state index contributed by atoms with van der Waals surface area (Å²) in [6.07, 6.45) is 0. The fourth-order valence-corrected chi connectivity index (χ4v) is 6.02. The van der Waals surface area contributed by atoms with Gasteiger partial charge in [0.15, 0.2) is 0 Å². The summed E-state index contributed by atoms with van der Waals surface area (Å²) in [6.45, 7) is 15.0. The zero-order valence-electron chi connectivity index (χ0n) is 32.1. The molecule has 0 aromatic heterocycles. The quantitative estimate of drug-likeness (QED) is 0.126. The van der Waals surface area contributed by atoms with E-state index in [1.807, 2.05) is 54.5 Å². The monoisotopic (exact) mass is 764 g/mol. The molecule has 0 unspecified atom stereocenters. The summed E-state index contributed by atoms with van der Waals surface area (Å²) in [4.78, 5) is 79.6. The molecule has 54 heavy (non-hydrogen) atoms. The number of carbonyl (C=O) groups excluding carboxylic acids is 2. The van der Waals surface area contributed by atoms with Gasteiger partial charge < -0.3 is 31.1 Å². The van der Waals surface area contributed by atoms with Crippen LogP contribution in [0, 0.1) is 0 Å². The van der Waals surface area contributed by atoms with Crippen LogP contribution in [0.4, 0.5) is 0 Å². The van der Waals surface area contributed by atoms with E-state index in [0.717, 1.165) is 5.56 Å². The SMILES string of the molecule is CC(C)NC(=O)CN1CCN(CC(=O)O)CCN(CC(=O)O)CC1.CC(C)NC(=O)c1ccc(CN2CCN(CC(=O)O)CCN(CC(=O)O)CC2)cc1. The molecule has 2 aliphatic heterocycles. The maximum Gasteiger partial charge on any atom is 0.317 e. The Hall–Kier alpha value is -4.20. The van der Waals surface area contributed by atoms with Gasteiger partial charge in [0.2, 0.25) is 5.91 Å². The number of hydrogen-bond donors (Lipinski definition) is 6. The molecule has 1 aromatic carbocycles. The molecule has 2 amide bonds. The van der Waals surface area contributed by atoms with Crippen molar-refractivity contribution >= 4 is 35.7 Å². The van der Waals surface area contributed by atoms with Crippen LogP contribution in [0.5, 0.6) is 0 Å². The molecular weight excluding hydrogens is 704 g/mol. The third-order valence-electron chi connectivity index (χ3n) is 8.69. The highest BCUT2D eigenvalue weighted by Gasteiger charge is 2.22. The molecule has 0 spiro atoms. The number of carbonyl (C=O) groups is 6. The number of nitrogens with one attached hydrogen (secondary N) is 2. The number of carboxylic acid groups (broad SMARTS) is 4. The Balaban J connectivity index is 0.000000383. The van der Waals surface area contributed by atoms with Gasteiger partial charge in [0.25, 0.3) is 5.91 Å². The van der Waals surface area contributed by atoms with Crippen molar-refractivity contribution in [1.29, 1.82) is 0 Å². The van der Waals surface area contributed by atoms with E-state index in [2.05, 4.69) is 15.5 Å². The number of benzene rings is 1. The van der Waals surface area contributed by atoms with E-state index in [0.29, 0.717) is 90.6 Å². The smallest absolute Gasteiger partial charge is 0.317 e. The predicted molar refractivity (Wildman–Crippen MR) is 200 cm³/mol. The Morgan fingerprint density at radius 3 is 1.07 bits per heavy atom. The van der Waals surface area contributed by atoms with E-state index in [-0.39, 0.29) is 56.6 Å². The molecule has 0 saturated carbocycles. The van der Waals surface area contributed by atoms with Gasteiger partial charge in [0.05, 0.1) is 32.7 Å². The minimum atomic E-state index is -0.914. The van der Waals surface area contributed by atoms with Gasteiger partial charge in [0.1, 0.15) is 0 Å². The molecule has 3 rings (SSSR count). The van der Waals surface area contributed by atoms with Crippen molar-refractivity contribution in [2.45, 2.75) is 46.3 Å². The van der Waals surface area contributed by atoms with Gasteiger partial charge in [-0.15, -0.1) is 0 Å². The maximum atomic E-state index is 12.1. The van der Waals surface area contributed by atoms with E-state index in [4.69, 9.17) is 20.4 Å². The van der Waals surface area contributed by atoms with Gasteiger partial charge in [-0.25, -0.2) is 0 Å². The highest BCUT2D eigenvalue weighted by Crippen LogP contribution is 2.10. The predicted octanol–water partition coefficient (Wildman–Crippen LogP) is -0.987. The average Bonchev–Trinajstić information content (AvgIpc) is 3.20. The average molecular weight is 765 g/mol. The summed E-state index contributed by atoms with van der Waals surface area (Å²) in [7, 11) is 0. The molecule has 18 heteroatoms. The molecule has 2 aliphatic rings. The largest absolute Gasteiger partial charge is 0.480 e. The lowest BCUT2D eigenvalue weighted by atomic mass is 10.1. The summed E-state index contributed by atoms with van der Waals surface area (Å²) in [5.74, 6) is -3.79. The summed E-state index contributed by atoms with van der Waals surface area (Å²) in [5, 5.41) is 42.0. The normalized spacial score (nSPS) is 17.8. The topological polar surface area (TPSA) is 227 Å². The Morgan fingerprint density at radius 1 is 0.481 bits per heavy atom. The Morgan fingerprint density at radius 2 is 0.778 bits per heavy atom. The Kier molecular flexibility index (Phi) is 20.6. The van der Waals surface area contributed by atoms with Gasteiger partial charge in [-0.05, 0) is 45.4 Å². The lowest BCUT2D eigenvalue weighted by Gasteiger charge is -2.25. The molecule has 2 heterocycles. The standard InChI is InChI=1S/C21H32N4O5.C15H28N4O5/c1-16(2)22-21(30)18-5-3-17(4-6-18)13-23-7-9-24(14-19(26)27)11-12-25(10-8-23)15-20(28)29;1-12(2)16-13(20)9-17-3-5-18(10-14(21)22)7-8-19(6-4-17)11-15(23)24/h3-6,16H,7-15H2,1-2H3,(H,22,30)(H,26,27)(H,28,29);12H,3-11H2,1-2H3,(H,16,20)(H,21,22)(H,23,24). The van der Waals surface area contributed by atoms with E-state index in [9.17, 15) is 28.8 Å². The molecule has 304 valence electrons. The molecule has 0 bridgehead atoms. The molecule has 18 nitrogen and oxygen atoms in total. The third-order valence-corrected chi connectivity index (χ3v) is 8.69. The minimum absolute atomic E-state index is 0.0575. The molecule has 1 aromatic rings. The zero-order chi connectivity index (χ0) is 40.2. The first-order chi connectivity index (χ1) is 25.5. The van der Waals surface area contributed by atoms with Gasteiger partial charge >= 0.3 is 23.9 Å². The number of hydrogen-bond acceptors (Lipinski definition) is 12. The number of rotatable bonds is 15. The number of amides is 2.